The zero-order chi connectivity index (χ0) is 13.4. The van der Waals surface area contributed by atoms with E-state index in [1.54, 1.807) is 0 Å². The van der Waals surface area contributed by atoms with Crippen LogP contribution >= 0.6 is 0 Å². The molecule has 0 aliphatic rings. The van der Waals surface area contributed by atoms with E-state index in [2.05, 4.69) is 46.4 Å². The molecule has 0 spiro atoms. The molecule has 0 aliphatic heterocycles. The molecule has 0 aromatic rings. The second-order valence-corrected chi connectivity index (χ2v) is 5.90. The van der Waals surface area contributed by atoms with Gasteiger partial charge in [-0.1, -0.05) is 41.5 Å². The van der Waals surface area contributed by atoms with Gasteiger partial charge in [0.1, 0.15) is 0 Å². The Morgan fingerprint density at radius 3 is 1.53 bits per heavy atom. The van der Waals surface area contributed by atoms with Crippen LogP contribution in [-0.4, -0.2) is 30.6 Å². The highest BCUT2D eigenvalue weighted by Gasteiger charge is 2.30. The van der Waals surface area contributed by atoms with Crippen molar-refractivity contribution >= 4 is 0 Å². The van der Waals surface area contributed by atoms with Crippen LogP contribution in [0, 0.1) is 17.8 Å². The van der Waals surface area contributed by atoms with Gasteiger partial charge in [0.2, 0.25) is 0 Å². The fourth-order valence-electron chi connectivity index (χ4n) is 3.23. The highest BCUT2D eigenvalue weighted by Crippen LogP contribution is 2.27. The SMILES string of the molecule is CCCN(CCC)C(CN)C(C(C)C)C(C)C. The molecule has 2 N–H and O–H groups in total. The summed E-state index contributed by atoms with van der Waals surface area (Å²) in [6, 6.07) is 0.551. The molecular weight excluding hydrogens is 208 g/mol. The van der Waals surface area contributed by atoms with Gasteiger partial charge in [-0.15, -0.1) is 0 Å². The lowest BCUT2D eigenvalue weighted by Crippen LogP contribution is -2.49. The molecule has 0 bridgehead atoms. The van der Waals surface area contributed by atoms with E-state index in [4.69, 9.17) is 5.73 Å². The Bertz CT molecular complexity index is 164. The molecule has 1 unspecified atom stereocenters. The van der Waals surface area contributed by atoms with E-state index >= 15 is 0 Å². The largest absolute Gasteiger partial charge is 0.329 e. The van der Waals surface area contributed by atoms with E-state index in [1.807, 2.05) is 0 Å². The molecule has 104 valence electrons. The van der Waals surface area contributed by atoms with E-state index in [1.165, 1.54) is 25.9 Å². The minimum Gasteiger partial charge on any atom is -0.329 e. The van der Waals surface area contributed by atoms with Crippen LogP contribution in [0.15, 0.2) is 0 Å². The maximum Gasteiger partial charge on any atom is 0.0251 e. The third-order valence-corrected chi connectivity index (χ3v) is 3.72. The molecule has 0 saturated heterocycles. The summed E-state index contributed by atoms with van der Waals surface area (Å²) in [4.78, 5) is 2.62. The van der Waals surface area contributed by atoms with Crippen molar-refractivity contribution in [2.75, 3.05) is 19.6 Å². The van der Waals surface area contributed by atoms with E-state index in [9.17, 15) is 0 Å². The van der Waals surface area contributed by atoms with Gasteiger partial charge in [0.05, 0.1) is 0 Å². The molecule has 0 aromatic carbocycles. The molecule has 1 atom stereocenters. The van der Waals surface area contributed by atoms with Crippen molar-refractivity contribution in [2.45, 2.75) is 60.4 Å². The van der Waals surface area contributed by atoms with Crippen molar-refractivity contribution in [1.82, 2.24) is 4.90 Å². The van der Waals surface area contributed by atoms with Crippen molar-refractivity contribution in [3.8, 4) is 0 Å². The van der Waals surface area contributed by atoms with Gasteiger partial charge in [-0.3, -0.25) is 4.90 Å². The van der Waals surface area contributed by atoms with Gasteiger partial charge in [0, 0.05) is 12.6 Å². The Morgan fingerprint density at radius 2 is 1.29 bits per heavy atom. The van der Waals surface area contributed by atoms with E-state index in [-0.39, 0.29) is 0 Å². The monoisotopic (exact) mass is 242 g/mol. The van der Waals surface area contributed by atoms with Crippen LogP contribution in [0.25, 0.3) is 0 Å². The zero-order valence-electron chi connectivity index (χ0n) is 12.9. The van der Waals surface area contributed by atoms with Crippen molar-refractivity contribution in [1.29, 1.82) is 0 Å². The summed E-state index contributed by atoms with van der Waals surface area (Å²) >= 11 is 0. The van der Waals surface area contributed by atoms with Crippen LogP contribution in [0.5, 0.6) is 0 Å². The fourth-order valence-corrected chi connectivity index (χ4v) is 3.23. The van der Waals surface area contributed by atoms with Crippen molar-refractivity contribution < 1.29 is 0 Å². The lowest BCUT2D eigenvalue weighted by Gasteiger charge is -2.40. The van der Waals surface area contributed by atoms with Crippen LogP contribution < -0.4 is 5.73 Å². The number of nitrogens with two attached hydrogens (primary N) is 1. The lowest BCUT2D eigenvalue weighted by atomic mass is 9.79. The fraction of sp³-hybridized carbons (Fsp3) is 1.00. The first-order valence-electron chi connectivity index (χ1n) is 7.43. The van der Waals surface area contributed by atoms with Crippen molar-refractivity contribution in [3.05, 3.63) is 0 Å². The van der Waals surface area contributed by atoms with Crippen LogP contribution in [0.1, 0.15) is 54.4 Å². The van der Waals surface area contributed by atoms with Crippen LogP contribution in [0.3, 0.4) is 0 Å². The van der Waals surface area contributed by atoms with Gasteiger partial charge in [-0.05, 0) is 43.7 Å². The van der Waals surface area contributed by atoms with Crippen molar-refractivity contribution in [3.63, 3.8) is 0 Å². The zero-order valence-corrected chi connectivity index (χ0v) is 12.9. The summed E-state index contributed by atoms with van der Waals surface area (Å²) in [7, 11) is 0. The lowest BCUT2D eigenvalue weighted by molar-refractivity contribution is 0.0905. The molecule has 0 fully saturated rings. The van der Waals surface area contributed by atoms with Gasteiger partial charge in [0.15, 0.2) is 0 Å². The number of rotatable bonds is 9. The van der Waals surface area contributed by atoms with Crippen molar-refractivity contribution in [2.24, 2.45) is 23.5 Å². The van der Waals surface area contributed by atoms with Gasteiger partial charge >= 0.3 is 0 Å². The number of hydrogen-bond donors (Lipinski definition) is 1. The predicted molar refractivity (Wildman–Crippen MR) is 78.2 cm³/mol. The predicted octanol–water partition coefficient (Wildman–Crippen LogP) is 3.36. The first-order valence-corrected chi connectivity index (χ1v) is 7.43. The normalized spacial score (nSPS) is 14.3. The van der Waals surface area contributed by atoms with Crippen LogP contribution in [0.4, 0.5) is 0 Å². The summed E-state index contributed by atoms with van der Waals surface area (Å²) in [6.07, 6.45) is 2.44. The summed E-state index contributed by atoms with van der Waals surface area (Å²) in [5, 5.41) is 0. The molecule has 2 heteroatoms. The third-order valence-electron chi connectivity index (χ3n) is 3.72. The molecular formula is C15H34N2. The highest BCUT2D eigenvalue weighted by atomic mass is 15.2. The summed E-state index contributed by atoms with van der Waals surface area (Å²) < 4.78 is 0. The average molecular weight is 242 g/mol. The second-order valence-electron chi connectivity index (χ2n) is 5.90. The van der Waals surface area contributed by atoms with E-state index < -0.39 is 0 Å². The smallest absolute Gasteiger partial charge is 0.0251 e. The molecule has 2 nitrogen and oxygen atoms in total. The quantitative estimate of drug-likeness (QED) is 0.672. The molecule has 17 heavy (non-hydrogen) atoms. The van der Waals surface area contributed by atoms with E-state index in [0.717, 1.165) is 6.54 Å². The Hall–Kier alpha value is -0.0800. The summed E-state index contributed by atoms with van der Waals surface area (Å²) in [6.45, 7) is 17.0. The molecule has 0 heterocycles. The number of nitrogens with zero attached hydrogens (tertiary/aromatic N) is 1. The minimum atomic E-state index is 0.551. The molecule has 0 aliphatic carbocycles. The summed E-state index contributed by atoms with van der Waals surface area (Å²) in [5.41, 5.74) is 6.07. The Morgan fingerprint density at radius 1 is 0.882 bits per heavy atom. The third kappa shape index (κ3) is 5.39. The molecule has 0 radical (unpaired) electrons. The molecule has 0 rings (SSSR count). The number of hydrogen-bond acceptors (Lipinski definition) is 2. The van der Waals surface area contributed by atoms with Crippen LogP contribution in [-0.2, 0) is 0 Å². The molecule has 0 saturated carbocycles. The van der Waals surface area contributed by atoms with Gasteiger partial charge in [0.25, 0.3) is 0 Å². The Balaban J connectivity index is 4.82. The van der Waals surface area contributed by atoms with Gasteiger partial charge < -0.3 is 5.73 Å². The average Bonchev–Trinajstić information content (AvgIpc) is 2.24. The van der Waals surface area contributed by atoms with Crippen LogP contribution in [0.2, 0.25) is 0 Å². The molecule has 0 amide bonds. The van der Waals surface area contributed by atoms with Gasteiger partial charge in [-0.2, -0.15) is 0 Å². The van der Waals surface area contributed by atoms with Gasteiger partial charge in [-0.25, -0.2) is 0 Å². The Kier molecular flexibility index (Phi) is 8.89. The first kappa shape index (κ1) is 16.9. The maximum atomic E-state index is 6.07. The minimum absolute atomic E-state index is 0.551. The first-order chi connectivity index (χ1) is 7.99. The topological polar surface area (TPSA) is 29.3 Å². The Labute approximate surface area is 109 Å². The summed E-state index contributed by atoms with van der Waals surface area (Å²) in [5.74, 6) is 2.12. The standard InChI is InChI=1S/C15H34N2/c1-7-9-17(10-8-2)14(11-16)15(12(3)4)13(5)6/h12-15H,7-11,16H2,1-6H3. The molecule has 0 aromatic heterocycles. The highest BCUT2D eigenvalue weighted by molar-refractivity contribution is 4.84. The maximum absolute atomic E-state index is 6.07. The van der Waals surface area contributed by atoms with E-state index in [0.29, 0.717) is 23.8 Å². The second kappa shape index (κ2) is 8.93.